The molecule has 0 spiro atoms. The van der Waals surface area contributed by atoms with Gasteiger partial charge in [-0.1, -0.05) is 0 Å². The summed E-state index contributed by atoms with van der Waals surface area (Å²) in [6.07, 6.45) is 1.45. The third-order valence-electron chi connectivity index (χ3n) is 3.44. The Bertz CT molecular complexity index is 572. The van der Waals surface area contributed by atoms with Crippen molar-refractivity contribution in [3.8, 4) is 0 Å². The number of aromatic carboxylic acids is 1. The Labute approximate surface area is 109 Å². The minimum atomic E-state index is -1.05. The van der Waals surface area contributed by atoms with Crippen LogP contribution in [0.15, 0.2) is 17.3 Å². The third-order valence-corrected chi connectivity index (χ3v) is 3.44. The fourth-order valence-corrected chi connectivity index (χ4v) is 2.57. The second-order valence-electron chi connectivity index (χ2n) is 4.71. The Morgan fingerprint density at radius 2 is 2.37 bits per heavy atom. The molecule has 100 valence electrons. The van der Waals surface area contributed by atoms with Crippen LogP contribution in [-0.2, 0) is 4.74 Å². The number of fused-ring (bicyclic) bond motifs is 3. The molecule has 0 unspecified atom stereocenters. The summed E-state index contributed by atoms with van der Waals surface area (Å²) in [5.74, 6) is -0.625. The zero-order chi connectivity index (χ0) is 13.6. The molecule has 0 saturated carbocycles. The number of aliphatic imine (C=N–C) groups is 1. The second kappa shape index (κ2) is 4.20. The van der Waals surface area contributed by atoms with Gasteiger partial charge in [0.25, 0.3) is 0 Å². The lowest BCUT2D eigenvalue weighted by atomic mass is 10.00. The average Bonchev–Trinajstić information content (AvgIpc) is 2.38. The van der Waals surface area contributed by atoms with Crippen molar-refractivity contribution >= 4 is 17.6 Å². The van der Waals surface area contributed by atoms with Gasteiger partial charge in [0, 0.05) is 5.56 Å². The van der Waals surface area contributed by atoms with Crippen LogP contribution in [0.25, 0.3) is 0 Å². The van der Waals surface area contributed by atoms with Gasteiger partial charge in [0.15, 0.2) is 5.96 Å². The maximum absolute atomic E-state index is 11.0. The summed E-state index contributed by atoms with van der Waals surface area (Å²) in [4.78, 5) is 21.1. The summed E-state index contributed by atoms with van der Waals surface area (Å²) in [6.45, 7) is 3.05. The van der Waals surface area contributed by atoms with Crippen LogP contribution in [0.5, 0.6) is 0 Å². The maximum Gasteiger partial charge on any atom is 0.354 e. The third kappa shape index (κ3) is 1.82. The lowest BCUT2D eigenvalue weighted by molar-refractivity contribution is -0.00976. The highest BCUT2D eigenvalue weighted by Crippen LogP contribution is 2.37. The van der Waals surface area contributed by atoms with E-state index in [1.165, 1.54) is 6.20 Å². The number of carbonyl (C=O) groups is 1. The van der Waals surface area contributed by atoms with E-state index in [0.29, 0.717) is 24.9 Å². The minimum Gasteiger partial charge on any atom is -0.477 e. The molecule has 2 aliphatic heterocycles. The van der Waals surface area contributed by atoms with Crippen LogP contribution in [0.2, 0.25) is 0 Å². The van der Waals surface area contributed by atoms with E-state index in [2.05, 4.69) is 9.98 Å². The lowest BCUT2D eigenvalue weighted by Crippen LogP contribution is -2.53. The summed E-state index contributed by atoms with van der Waals surface area (Å²) < 4.78 is 5.54. The summed E-state index contributed by atoms with van der Waals surface area (Å²) in [5, 5.41) is 9.02. The zero-order valence-corrected chi connectivity index (χ0v) is 10.4. The normalized spacial score (nSPS) is 25.3. The van der Waals surface area contributed by atoms with Gasteiger partial charge in [-0.25, -0.2) is 14.8 Å². The summed E-state index contributed by atoms with van der Waals surface area (Å²) >= 11 is 0. The van der Waals surface area contributed by atoms with Gasteiger partial charge < -0.3 is 20.5 Å². The molecule has 19 heavy (non-hydrogen) atoms. The van der Waals surface area contributed by atoms with Crippen molar-refractivity contribution in [2.45, 2.75) is 19.0 Å². The highest BCUT2D eigenvalue weighted by atomic mass is 16.5. The van der Waals surface area contributed by atoms with Crippen LogP contribution < -0.4 is 5.73 Å². The Morgan fingerprint density at radius 3 is 3.11 bits per heavy atom. The van der Waals surface area contributed by atoms with E-state index in [0.717, 1.165) is 5.56 Å². The molecule has 7 heteroatoms. The predicted octanol–water partition coefficient (Wildman–Crippen LogP) is 0.501. The van der Waals surface area contributed by atoms with Crippen LogP contribution in [0.4, 0.5) is 5.69 Å². The molecule has 3 N–H and O–H groups in total. The van der Waals surface area contributed by atoms with Gasteiger partial charge in [0.1, 0.15) is 5.69 Å². The van der Waals surface area contributed by atoms with Crippen molar-refractivity contribution in [3.63, 3.8) is 0 Å². The van der Waals surface area contributed by atoms with Gasteiger partial charge in [-0.2, -0.15) is 0 Å². The standard InChI is InChI=1S/C12H14N4O3/c1-6-4-19-5-10-7-2-8(11(17)18)14-3-9(7)15-12(13)16(6)10/h2-3,6,10H,4-5H2,1H3,(H2,13,15)(H,17,18)/t6-,10-/m1/s1. The fraction of sp³-hybridized carbons (Fsp3) is 0.417. The number of hydrogen-bond donors (Lipinski definition) is 2. The lowest BCUT2D eigenvalue weighted by Gasteiger charge is -2.43. The summed E-state index contributed by atoms with van der Waals surface area (Å²) in [6, 6.07) is 1.56. The van der Waals surface area contributed by atoms with E-state index in [9.17, 15) is 4.79 Å². The summed E-state index contributed by atoms with van der Waals surface area (Å²) in [7, 11) is 0. The molecule has 1 aromatic rings. The van der Waals surface area contributed by atoms with Crippen LogP contribution in [0.3, 0.4) is 0 Å². The number of carboxylic acids is 1. The number of hydrogen-bond acceptors (Lipinski definition) is 6. The first-order valence-corrected chi connectivity index (χ1v) is 6.01. The Kier molecular flexibility index (Phi) is 2.63. The molecule has 0 aromatic carbocycles. The number of rotatable bonds is 1. The highest BCUT2D eigenvalue weighted by Gasteiger charge is 2.36. The Morgan fingerprint density at radius 1 is 1.58 bits per heavy atom. The Hall–Kier alpha value is -2.15. The van der Waals surface area contributed by atoms with Crippen molar-refractivity contribution in [1.29, 1.82) is 0 Å². The number of aromatic nitrogens is 1. The zero-order valence-electron chi connectivity index (χ0n) is 10.4. The van der Waals surface area contributed by atoms with Crippen LogP contribution in [0.1, 0.15) is 29.0 Å². The SMILES string of the molecule is C[C@@H]1COC[C@@H]2c3cc(C(=O)O)ncc3N=C(N)N12. The van der Waals surface area contributed by atoms with Crippen molar-refractivity contribution in [3.05, 3.63) is 23.5 Å². The molecule has 1 saturated heterocycles. The quantitative estimate of drug-likeness (QED) is 0.764. The minimum absolute atomic E-state index is 0.00704. The molecule has 3 rings (SSSR count). The predicted molar refractivity (Wildman–Crippen MR) is 67.3 cm³/mol. The van der Waals surface area contributed by atoms with Crippen molar-refractivity contribution in [1.82, 2.24) is 9.88 Å². The van der Waals surface area contributed by atoms with Crippen molar-refractivity contribution < 1.29 is 14.6 Å². The van der Waals surface area contributed by atoms with Crippen molar-refractivity contribution in [2.75, 3.05) is 13.2 Å². The van der Waals surface area contributed by atoms with Crippen LogP contribution >= 0.6 is 0 Å². The second-order valence-corrected chi connectivity index (χ2v) is 4.71. The van der Waals surface area contributed by atoms with E-state index >= 15 is 0 Å². The molecule has 7 nitrogen and oxygen atoms in total. The van der Waals surface area contributed by atoms with Gasteiger partial charge in [-0.05, 0) is 13.0 Å². The number of morpholine rings is 1. The molecule has 2 aliphatic rings. The average molecular weight is 262 g/mol. The Balaban J connectivity index is 2.11. The van der Waals surface area contributed by atoms with Gasteiger partial charge >= 0.3 is 5.97 Å². The largest absolute Gasteiger partial charge is 0.477 e. The van der Waals surface area contributed by atoms with Gasteiger partial charge in [0.05, 0.1) is 37.2 Å². The molecule has 0 aliphatic carbocycles. The molecule has 1 aromatic heterocycles. The molecular formula is C12H14N4O3. The van der Waals surface area contributed by atoms with Crippen molar-refractivity contribution in [2.24, 2.45) is 10.7 Å². The topological polar surface area (TPSA) is 101 Å². The number of nitrogens with zero attached hydrogens (tertiary/aromatic N) is 3. The van der Waals surface area contributed by atoms with E-state index < -0.39 is 5.97 Å². The fourth-order valence-electron chi connectivity index (χ4n) is 2.57. The number of ether oxygens (including phenoxy) is 1. The monoisotopic (exact) mass is 262 g/mol. The first kappa shape index (κ1) is 11.9. The van der Waals surface area contributed by atoms with Gasteiger partial charge in [-0.15, -0.1) is 0 Å². The van der Waals surface area contributed by atoms with E-state index in [4.69, 9.17) is 15.6 Å². The van der Waals surface area contributed by atoms with E-state index in [1.807, 2.05) is 11.8 Å². The highest BCUT2D eigenvalue weighted by molar-refractivity contribution is 5.88. The number of carboxylic acid groups (broad SMARTS) is 1. The number of pyridine rings is 1. The molecule has 1 fully saturated rings. The first-order chi connectivity index (χ1) is 9.08. The molecule has 0 radical (unpaired) electrons. The molecular weight excluding hydrogens is 248 g/mol. The van der Waals surface area contributed by atoms with E-state index in [-0.39, 0.29) is 17.8 Å². The van der Waals surface area contributed by atoms with Gasteiger partial charge in [0.2, 0.25) is 0 Å². The van der Waals surface area contributed by atoms with E-state index in [1.54, 1.807) is 6.07 Å². The summed E-state index contributed by atoms with van der Waals surface area (Å²) in [5.41, 5.74) is 7.39. The molecule has 3 heterocycles. The molecule has 2 atom stereocenters. The van der Waals surface area contributed by atoms with Crippen LogP contribution in [0, 0.1) is 0 Å². The van der Waals surface area contributed by atoms with Crippen LogP contribution in [-0.4, -0.2) is 46.2 Å². The number of guanidine groups is 1. The number of nitrogens with two attached hydrogens (primary N) is 1. The smallest absolute Gasteiger partial charge is 0.354 e. The maximum atomic E-state index is 11.0. The first-order valence-electron chi connectivity index (χ1n) is 6.01. The molecule has 0 bridgehead atoms. The molecule has 0 amide bonds. The van der Waals surface area contributed by atoms with Gasteiger partial charge in [-0.3, -0.25) is 0 Å².